The molecule has 0 saturated heterocycles. The second-order valence-electron chi connectivity index (χ2n) is 8.29. The van der Waals surface area contributed by atoms with E-state index in [0.29, 0.717) is 32.1 Å². The van der Waals surface area contributed by atoms with Gasteiger partial charge < -0.3 is 20.3 Å². The summed E-state index contributed by atoms with van der Waals surface area (Å²) in [7, 11) is 0. The van der Waals surface area contributed by atoms with Crippen molar-refractivity contribution >= 4 is 18.0 Å². The number of carboxylic acid groups (broad SMARTS) is 2. The van der Waals surface area contributed by atoms with Crippen molar-refractivity contribution in [3.63, 3.8) is 0 Å². The number of nitrogens with one attached hydrogen (secondary N) is 1. The summed E-state index contributed by atoms with van der Waals surface area (Å²) in [6.45, 7) is 0.0550. The summed E-state index contributed by atoms with van der Waals surface area (Å²) < 4.78 is 5.25. The van der Waals surface area contributed by atoms with Gasteiger partial charge in [0.1, 0.15) is 12.1 Å². The van der Waals surface area contributed by atoms with Crippen LogP contribution in [0.2, 0.25) is 0 Å². The molecule has 5 rings (SSSR count). The molecule has 0 radical (unpaired) electrons. The van der Waals surface area contributed by atoms with Gasteiger partial charge in [0.05, 0.1) is 5.41 Å². The number of alkyl carbamates (subject to hydrolysis) is 1. The molecule has 4 aliphatic rings. The first-order valence-electron chi connectivity index (χ1n) is 9.31. The molecule has 4 saturated carbocycles. The van der Waals surface area contributed by atoms with E-state index in [1.54, 1.807) is 0 Å². The fourth-order valence-electron chi connectivity index (χ4n) is 5.80. The van der Waals surface area contributed by atoms with Gasteiger partial charge >= 0.3 is 18.0 Å². The highest BCUT2D eigenvalue weighted by Gasteiger charge is 2.68. The van der Waals surface area contributed by atoms with Gasteiger partial charge in [0.2, 0.25) is 0 Å². The van der Waals surface area contributed by atoms with Gasteiger partial charge in [-0.05, 0) is 55.4 Å². The molecule has 1 amide bonds. The van der Waals surface area contributed by atoms with Crippen molar-refractivity contribution in [2.24, 2.45) is 23.2 Å². The number of amides is 1. The van der Waals surface area contributed by atoms with Gasteiger partial charge in [-0.2, -0.15) is 0 Å². The van der Waals surface area contributed by atoms with Crippen LogP contribution < -0.4 is 5.32 Å². The van der Waals surface area contributed by atoms with Gasteiger partial charge in [-0.1, -0.05) is 30.3 Å². The van der Waals surface area contributed by atoms with Crippen LogP contribution in [-0.4, -0.2) is 33.8 Å². The SMILES string of the molecule is O=C(NC1(C(=O)O)C2CC3CC1CC(C(=O)O)(C3)C2)OCc1ccccc1. The lowest BCUT2D eigenvalue weighted by atomic mass is 9.43. The highest BCUT2D eigenvalue weighted by atomic mass is 16.5. The number of aliphatic carboxylic acids is 2. The molecular formula is C20H23NO6. The third-order valence-electron chi connectivity index (χ3n) is 6.81. The lowest BCUT2D eigenvalue weighted by Gasteiger charge is -2.61. The zero-order valence-electron chi connectivity index (χ0n) is 14.9. The van der Waals surface area contributed by atoms with Crippen molar-refractivity contribution in [3.8, 4) is 0 Å². The molecule has 7 heteroatoms. The molecule has 2 atom stereocenters. The van der Waals surface area contributed by atoms with Gasteiger partial charge in [-0.25, -0.2) is 9.59 Å². The molecule has 4 bridgehead atoms. The van der Waals surface area contributed by atoms with Crippen molar-refractivity contribution in [3.05, 3.63) is 35.9 Å². The summed E-state index contributed by atoms with van der Waals surface area (Å²) >= 11 is 0. The summed E-state index contributed by atoms with van der Waals surface area (Å²) in [6, 6.07) is 9.16. The maximum atomic E-state index is 12.4. The Hall–Kier alpha value is -2.57. The molecule has 0 spiro atoms. The van der Waals surface area contributed by atoms with Gasteiger partial charge in [0, 0.05) is 0 Å². The summed E-state index contributed by atoms with van der Waals surface area (Å²) in [5.41, 5.74) is -1.47. The number of carbonyl (C=O) groups is 3. The van der Waals surface area contributed by atoms with E-state index in [1.165, 1.54) is 0 Å². The Balaban J connectivity index is 1.53. The number of benzene rings is 1. The first kappa shape index (κ1) is 17.8. The van der Waals surface area contributed by atoms with Gasteiger partial charge in [0.15, 0.2) is 0 Å². The van der Waals surface area contributed by atoms with E-state index >= 15 is 0 Å². The highest BCUT2D eigenvalue weighted by Crippen LogP contribution is 2.63. The van der Waals surface area contributed by atoms with E-state index < -0.39 is 29.0 Å². The van der Waals surface area contributed by atoms with Gasteiger partial charge in [-0.15, -0.1) is 0 Å². The predicted molar refractivity (Wildman–Crippen MR) is 93.8 cm³/mol. The molecule has 0 heterocycles. The van der Waals surface area contributed by atoms with Crippen LogP contribution in [-0.2, 0) is 20.9 Å². The minimum Gasteiger partial charge on any atom is -0.481 e. The van der Waals surface area contributed by atoms with Crippen LogP contribution >= 0.6 is 0 Å². The quantitative estimate of drug-likeness (QED) is 0.731. The Bertz CT molecular complexity index is 760. The van der Waals surface area contributed by atoms with Crippen LogP contribution in [0.25, 0.3) is 0 Å². The largest absolute Gasteiger partial charge is 0.481 e. The van der Waals surface area contributed by atoms with Crippen LogP contribution in [0.1, 0.15) is 37.7 Å². The van der Waals surface area contributed by atoms with E-state index in [4.69, 9.17) is 4.74 Å². The van der Waals surface area contributed by atoms with E-state index in [0.717, 1.165) is 5.56 Å². The van der Waals surface area contributed by atoms with E-state index in [-0.39, 0.29) is 24.4 Å². The van der Waals surface area contributed by atoms with Crippen molar-refractivity contribution in [2.75, 3.05) is 0 Å². The fourth-order valence-corrected chi connectivity index (χ4v) is 5.80. The van der Waals surface area contributed by atoms with Crippen molar-refractivity contribution < 1.29 is 29.3 Å². The van der Waals surface area contributed by atoms with Crippen LogP contribution in [0.5, 0.6) is 0 Å². The monoisotopic (exact) mass is 373 g/mol. The Morgan fingerprint density at radius 1 is 1.00 bits per heavy atom. The first-order valence-corrected chi connectivity index (χ1v) is 9.31. The van der Waals surface area contributed by atoms with Crippen molar-refractivity contribution in [2.45, 2.75) is 44.2 Å². The zero-order chi connectivity index (χ0) is 19.2. The molecule has 1 aromatic carbocycles. The summed E-state index contributed by atoms with van der Waals surface area (Å²) in [5.74, 6) is -2.49. The maximum absolute atomic E-state index is 12.4. The molecule has 3 N–H and O–H groups in total. The number of hydrogen-bond acceptors (Lipinski definition) is 4. The Morgan fingerprint density at radius 3 is 2.19 bits per heavy atom. The molecule has 2 unspecified atom stereocenters. The second-order valence-corrected chi connectivity index (χ2v) is 8.29. The number of rotatable bonds is 5. The average molecular weight is 373 g/mol. The number of carbonyl (C=O) groups excluding carboxylic acids is 1. The van der Waals surface area contributed by atoms with Crippen LogP contribution in [0.15, 0.2) is 30.3 Å². The standard InChI is InChI=1S/C20H23NO6/c22-16(23)19-8-13-6-14(9-19)20(17(24)25,15(7-13)10-19)21-18(26)27-11-12-4-2-1-3-5-12/h1-5,13-15H,6-11H2,(H,21,26)(H,22,23)(H,24,25). The molecule has 0 aromatic heterocycles. The Morgan fingerprint density at radius 2 is 1.63 bits per heavy atom. The molecule has 4 aliphatic carbocycles. The number of ether oxygens (including phenoxy) is 1. The topological polar surface area (TPSA) is 113 Å². The predicted octanol–water partition coefficient (Wildman–Crippen LogP) is 2.65. The van der Waals surface area contributed by atoms with Gasteiger partial charge in [-0.3, -0.25) is 4.79 Å². The highest BCUT2D eigenvalue weighted by molar-refractivity contribution is 5.87. The van der Waals surface area contributed by atoms with Crippen LogP contribution in [0, 0.1) is 23.2 Å². The zero-order valence-corrected chi connectivity index (χ0v) is 14.9. The summed E-state index contributed by atoms with van der Waals surface area (Å²) in [4.78, 5) is 36.6. The third kappa shape index (κ3) is 2.76. The normalized spacial score (nSPS) is 36.2. The average Bonchev–Trinajstić information content (AvgIpc) is 2.63. The van der Waals surface area contributed by atoms with E-state index in [1.807, 2.05) is 30.3 Å². The molecule has 7 nitrogen and oxygen atoms in total. The minimum atomic E-state index is -1.44. The lowest BCUT2D eigenvalue weighted by Crippen LogP contribution is -2.72. The molecule has 0 aliphatic heterocycles. The molecular weight excluding hydrogens is 350 g/mol. The van der Waals surface area contributed by atoms with E-state index in [2.05, 4.69) is 5.32 Å². The molecule has 1 aromatic rings. The Labute approximate surface area is 156 Å². The minimum absolute atomic E-state index is 0.0550. The van der Waals surface area contributed by atoms with Crippen LogP contribution in [0.3, 0.4) is 0 Å². The molecule has 144 valence electrons. The van der Waals surface area contributed by atoms with Crippen molar-refractivity contribution in [1.29, 1.82) is 0 Å². The summed E-state index contributed by atoms with van der Waals surface area (Å²) in [6.07, 6.45) is 1.70. The first-order chi connectivity index (χ1) is 12.9. The maximum Gasteiger partial charge on any atom is 0.408 e. The lowest BCUT2D eigenvalue weighted by molar-refractivity contribution is -0.187. The molecule has 4 fully saturated rings. The smallest absolute Gasteiger partial charge is 0.408 e. The third-order valence-corrected chi connectivity index (χ3v) is 6.81. The van der Waals surface area contributed by atoms with Crippen LogP contribution in [0.4, 0.5) is 4.79 Å². The Kier molecular flexibility index (Phi) is 4.13. The fraction of sp³-hybridized carbons (Fsp3) is 0.550. The number of hydrogen-bond donors (Lipinski definition) is 3. The molecule has 27 heavy (non-hydrogen) atoms. The number of carboxylic acids is 2. The van der Waals surface area contributed by atoms with Crippen molar-refractivity contribution in [1.82, 2.24) is 5.32 Å². The van der Waals surface area contributed by atoms with Gasteiger partial charge in [0.25, 0.3) is 0 Å². The van der Waals surface area contributed by atoms with E-state index in [9.17, 15) is 24.6 Å². The summed E-state index contributed by atoms with van der Waals surface area (Å²) in [5, 5.41) is 22.4. The second kappa shape index (κ2) is 6.25.